The van der Waals surface area contributed by atoms with Crippen molar-refractivity contribution < 1.29 is 9.59 Å². The number of carbonyl (C=O) groups excluding carboxylic acids is 2. The highest BCUT2D eigenvalue weighted by molar-refractivity contribution is 5.79. The molecule has 3 rings (SSSR count). The lowest BCUT2D eigenvalue weighted by Gasteiger charge is -2.39. The summed E-state index contributed by atoms with van der Waals surface area (Å²) in [5, 5.41) is 3.29. The Morgan fingerprint density at radius 3 is 2.43 bits per heavy atom. The Bertz CT molecular complexity index is 687. The highest BCUT2D eigenvalue weighted by Gasteiger charge is 2.35. The Morgan fingerprint density at radius 1 is 1.14 bits per heavy atom. The molecule has 5 heteroatoms. The molecule has 1 aliphatic carbocycles. The molecule has 2 aliphatic rings. The summed E-state index contributed by atoms with van der Waals surface area (Å²) < 4.78 is 0. The van der Waals surface area contributed by atoms with Crippen LogP contribution in [0.4, 0.5) is 4.79 Å². The van der Waals surface area contributed by atoms with Gasteiger partial charge in [0.25, 0.3) is 0 Å². The number of likely N-dealkylation sites (tertiary alicyclic amines) is 1. The number of urea groups is 1. The quantitative estimate of drug-likeness (QED) is 0.859. The van der Waals surface area contributed by atoms with E-state index < -0.39 is 0 Å². The Morgan fingerprint density at radius 2 is 1.82 bits per heavy atom. The van der Waals surface area contributed by atoms with Gasteiger partial charge in [-0.25, -0.2) is 4.79 Å². The van der Waals surface area contributed by atoms with Crippen molar-refractivity contribution >= 4 is 11.9 Å². The van der Waals surface area contributed by atoms with Crippen molar-refractivity contribution in [2.24, 2.45) is 5.92 Å². The number of hydrogen-bond acceptors (Lipinski definition) is 2. The van der Waals surface area contributed by atoms with Crippen LogP contribution in [0.2, 0.25) is 0 Å². The topological polar surface area (TPSA) is 52.7 Å². The van der Waals surface area contributed by atoms with Crippen LogP contribution in [-0.2, 0) is 10.2 Å². The second-order valence-electron chi connectivity index (χ2n) is 8.87. The molecule has 0 radical (unpaired) electrons. The van der Waals surface area contributed by atoms with Gasteiger partial charge in [0.1, 0.15) is 0 Å². The molecule has 1 saturated carbocycles. The molecule has 3 amide bonds. The van der Waals surface area contributed by atoms with E-state index in [1.807, 2.05) is 4.90 Å². The van der Waals surface area contributed by atoms with Crippen LogP contribution in [0.1, 0.15) is 56.1 Å². The normalized spacial score (nSPS) is 19.9. The van der Waals surface area contributed by atoms with Gasteiger partial charge in [-0.15, -0.1) is 0 Å². The fraction of sp³-hybridized carbons (Fsp3) is 0.652. The molecule has 1 heterocycles. The lowest BCUT2D eigenvalue weighted by molar-refractivity contribution is -0.126. The first-order chi connectivity index (χ1) is 13.4. The van der Waals surface area contributed by atoms with Crippen LogP contribution < -0.4 is 5.32 Å². The van der Waals surface area contributed by atoms with Crippen molar-refractivity contribution in [1.29, 1.82) is 0 Å². The minimum absolute atomic E-state index is 0.0179. The van der Waals surface area contributed by atoms with Crippen LogP contribution >= 0.6 is 0 Å². The monoisotopic (exact) mass is 385 g/mol. The number of benzene rings is 1. The summed E-state index contributed by atoms with van der Waals surface area (Å²) in [6.07, 6.45) is 7.55. The summed E-state index contributed by atoms with van der Waals surface area (Å²) in [4.78, 5) is 28.4. The van der Waals surface area contributed by atoms with Gasteiger partial charge in [0.15, 0.2) is 0 Å². The third kappa shape index (κ3) is 4.68. The van der Waals surface area contributed by atoms with E-state index in [1.165, 1.54) is 30.4 Å². The Hall–Kier alpha value is -2.04. The molecule has 1 aromatic rings. The molecule has 0 spiro atoms. The summed E-state index contributed by atoms with van der Waals surface area (Å²) in [5.41, 5.74) is 2.73. The first-order valence-corrected chi connectivity index (χ1v) is 10.7. The molecular weight excluding hydrogens is 350 g/mol. The average molecular weight is 386 g/mol. The first kappa shape index (κ1) is 20.7. The number of nitrogens with zero attached hydrogens (tertiary/aromatic N) is 2. The summed E-state index contributed by atoms with van der Waals surface area (Å²) in [5.74, 6) is 0.180. The lowest BCUT2D eigenvalue weighted by Crippen LogP contribution is -2.48. The maximum absolute atomic E-state index is 12.9. The maximum atomic E-state index is 12.9. The van der Waals surface area contributed by atoms with Crippen molar-refractivity contribution in [2.75, 3.05) is 33.7 Å². The van der Waals surface area contributed by atoms with E-state index in [0.29, 0.717) is 13.1 Å². The molecule has 0 atom stereocenters. The van der Waals surface area contributed by atoms with Crippen molar-refractivity contribution in [3.8, 4) is 0 Å². The lowest BCUT2D eigenvalue weighted by atomic mass is 9.69. The van der Waals surface area contributed by atoms with Gasteiger partial charge >= 0.3 is 6.03 Å². The second kappa shape index (κ2) is 8.97. The van der Waals surface area contributed by atoms with E-state index in [9.17, 15) is 9.59 Å². The minimum atomic E-state index is 0.0179. The fourth-order valence-corrected chi connectivity index (χ4v) is 4.79. The van der Waals surface area contributed by atoms with Crippen molar-refractivity contribution in [2.45, 2.75) is 57.3 Å². The van der Waals surface area contributed by atoms with Crippen molar-refractivity contribution in [1.82, 2.24) is 15.1 Å². The molecule has 0 bridgehead atoms. The number of rotatable bonds is 4. The molecule has 1 N–H and O–H groups in total. The highest BCUT2D eigenvalue weighted by atomic mass is 16.2. The largest absolute Gasteiger partial charge is 0.355 e. The Balaban J connectivity index is 1.60. The van der Waals surface area contributed by atoms with Gasteiger partial charge in [-0.05, 0) is 38.2 Å². The molecule has 28 heavy (non-hydrogen) atoms. The van der Waals surface area contributed by atoms with E-state index in [2.05, 4.69) is 36.5 Å². The van der Waals surface area contributed by atoms with Crippen molar-refractivity contribution in [3.63, 3.8) is 0 Å². The van der Waals surface area contributed by atoms with Crippen LogP contribution in [0.3, 0.4) is 0 Å². The zero-order chi connectivity index (χ0) is 20.1. The zero-order valence-corrected chi connectivity index (χ0v) is 17.7. The Labute approximate surface area is 169 Å². The molecule has 5 nitrogen and oxygen atoms in total. The fourth-order valence-electron chi connectivity index (χ4n) is 4.79. The van der Waals surface area contributed by atoms with E-state index in [-0.39, 0.29) is 23.3 Å². The standard InChI is InChI=1S/C23H35N3O2/c1-18-8-7-9-20(16-18)23(12-5-4-6-13-23)17-24-21(27)19-10-14-26(15-11-19)22(28)25(2)3/h7-9,16,19H,4-6,10-15,17H2,1-3H3,(H,24,27). The summed E-state index contributed by atoms with van der Waals surface area (Å²) >= 11 is 0. The molecule has 0 unspecified atom stereocenters. The van der Waals surface area contributed by atoms with Crippen LogP contribution in [0, 0.1) is 12.8 Å². The predicted octanol–water partition coefficient (Wildman–Crippen LogP) is 3.71. The maximum Gasteiger partial charge on any atom is 0.319 e. The number of nitrogens with one attached hydrogen (secondary N) is 1. The zero-order valence-electron chi connectivity index (χ0n) is 17.7. The van der Waals surface area contributed by atoms with E-state index in [4.69, 9.17) is 0 Å². The number of amides is 3. The van der Waals surface area contributed by atoms with Crippen LogP contribution in [-0.4, -0.2) is 55.5 Å². The van der Waals surface area contributed by atoms with E-state index >= 15 is 0 Å². The smallest absolute Gasteiger partial charge is 0.319 e. The van der Waals surface area contributed by atoms with E-state index in [1.54, 1.807) is 19.0 Å². The molecule has 1 aromatic carbocycles. The SMILES string of the molecule is Cc1cccc(C2(CNC(=O)C3CCN(C(=O)N(C)C)CC3)CCCCC2)c1. The van der Waals surface area contributed by atoms with Crippen LogP contribution in [0.5, 0.6) is 0 Å². The van der Waals surface area contributed by atoms with Gasteiger partial charge in [0.2, 0.25) is 5.91 Å². The third-order valence-electron chi connectivity index (χ3n) is 6.56. The molecule has 2 fully saturated rings. The van der Waals surface area contributed by atoms with Gasteiger partial charge in [-0.3, -0.25) is 4.79 Å². The molecule has 0 aromatic heterocycles. The molecule has 1 aliphatic heterocycles. The predicted molar refractivity (Wildman–Crippen MR) is 112 cm³/mol. The van der Waals surface area contributed by atoms with Crippen molar-refractivity contribution in [3.05, 3.63) is 35.4 Å². The van der Waals surface area contributed by atoms with Crippen LogP contribution in [0.15, 0.2) is 24.3 Å². The second-order valence-corrected chi connectivity index (χ2v) is 8.87. The minimum Gasteiger partial charge on any atom is -0.355 e. The third-order valence-corrected chi connectivity index (χ3v) is 6.56. The van der Waals surface area contributed by atoms with Gasteiger partial charge in [-0.1, -0.05) is 49.1 Å². The van der Waals surface area contributed by atoms with E-state index in [0.717, 1.165) is 32.2 Å². The van der Waals surface area contributed by atoms with Gasteiger partial charge in [0.05, 0.1) is 0 Å². The Kier molecular flexibility index (Phi) is 6.63. The van der Waals surface area contributed by atoms with Crippen LogP contribution in [0.25, 0.3) is 0 Å². The van der Waals surface area contributed by atoms with Gasteiger partial charge < -0.3 is 15.1 Å². The van der Waals surface area contributed by atoms with Gasteiger partial charge in [0, 0.05) is 45.1 Å². The number of piperidine rings is 1. The number of aryl methyl sites for hydroxylation is 1. The molecular formula is C23H35N3O2. The molecule has 154 valence electrons. The molecule has 1 saturated heterocycles. The summed E-state index contributed by atoms with van der Waals surface area (Å²) in [6, 6.07) is 8.85. The highest BCUT2D eigenvalue weighted by Crippen LogP contribution is 2.39. The average Bonchev–Trinajstić information content (AvgIpc) is 2.72. The van der Waals surface area contributed by atoms with Gasteiger partial charge in [-0.2, -0.15) is 0 Å². The first-order valence-electron chi connectivity index (χ1n) is 10.7. The number of carbonyl (C=O) groups is 2. The number of hydrogen-bond donors (Lipinski definition) is 1. The summed E-state index contributed by atoms with van der Waals surface area (Å²) in [7, 11) is 3.55. The summed E-state index contributed by atoms with van der Waals surface area (Å²) in [6.45, 7) is 4.20.